The van der Waals surface area contributed by atoms with Crippen molar-refractivity contribution >= 4 is 50.7 Å². The molecule has 3 aromatic rings. The highest BCUT2D eigenvalue weighted by Crippen LogP contribution is 2.43. The third-order valence-corrected chi connectivity index (χ3v) is 5.84. The first-order valence-corrected chi connectivity index (χ1v) is 10.5. The number of amides is 1. The van der Waals surface area contributed by atoms with Crippen LogP contribution >= 0.6 is 27.5 Å². The molecule has 1 fully saturated rings. The number of methoxy groups -OCH3 is 1. The normalized spacial score (nSPS) is 17.8. The number of anilines is 1. The van der Waals surface area contributed by atoms with Crippen LogP contribution in [0.2, 0.25) is 5.02 Å². The average molecular weight is 499 g/mol. The smallest absolute Gasteiger partial charge is 0.300 e. The van der Waals surface area contributed by atoms with Crippen molar-refractivity contribution in [1.82, 2.24) is 0 Å². The van der Waals surface area contributed by atoms with Crippen molar-refractivity contribution < 1.29 is 19.4 Å². The Bertz CT molecular complexity index is 1190. The molecule has 0 radical (unpaired) electrons. The van der Waals surface area contributed by atoms with Crippen molar-refractivity contribution in [3.05, 3.63) is 99.0 Å². The van der Waals surface area contributed by atoms with E-state index in [1.54, 1.807) is 48.5 Å². The van der Waals surface area contributed by atoms with E-state index in [9.17, 15) is 14.7 Å². The predicted octanol–water partition coefficient (Wildman–Crippen LogP) is 5.74. The van der Waals surface area contributed by atoms with E-state index in [2.05, 4.69) is 15.9 Å². The zero-order valence-electron chi connectivity index (χ0n) is 16.4. The number of aliphatic hydroxyl groups is 1. The first-order valence-electron chi connectivity index (χ1n) is 9.38. The van der Waals surface area contributed by atoms with Crippen LogP contribution in [0.1, 0.15) is 17.2 Å². The van der Waals surface area contributed by atoms with Crippen LogP contribution in [-0.4, -0.2) is 23.9 Å². The van der Waals surface area contributed by atoms with E-state index in [0.29, 0.717) is 22.0 Å². The van der Waals surface area contributed by atoms with Crippen LogP contribution in [0, 0.1) is 0 Å². The molecular weight excluding hydrogens is 482 g/mol. The number of aliphatic hydroxyl groups excluding tert-OH is 1. The van der Waals surface area contributed by atoms with Gasteiger partial charge >= 0.3 is 0 Å². The molecule has 1 unspecified atom stereocenters. The number of carbonyl (C=O) groups is 2. The molecule has 0 bridgehead atoms. The third kappa shape index (κ3) is 3.84. The van der Waals surface area contributed by atoms with Crippen molar-refractivity contribution in [2.75, 3.05) is 12.0 Å². The summed E-state index contributed by atoms with van der Waals surface area (Å²) in [6, 6.07) is 20.0. The van der Waals surface area contributed by atoms with Gasteiger partial charge in [0.2, 0.25) is 0 Å². The number of ether oxygens (including phenoxy) is 1. The minimum Gasteiger partial charge on any atom is -0.507 e. The second kappa shape index (κ2) is 8.57. The molecule has 0 aliphatic carbocycles. The van der Waals surface area contributed by atoms with Crippen molar-refractivity contribution in [2.45, 2.75) is 6.04 Å². The van der Waals surface area contributed by atoms with Gasteiger partial charge < -0.3 is 9.84 Å². The number of ketones is 1. The molecule has 0 saturated carbocycles. The molecule has 1 atom stereocenters. The average Bonchev–Trinajstić information content (AvgIpc) is 3.05. The topological polar surface area (TPSA) is 66.8 Å². The first kappa shape index (κ1) is 21.2. The Balaban J connectivity index is 1.98. The number of nitrogens with zero attached hydrogens (tertiary/aromatic N) is 1. The van der Waals surface area contributed by atoms with Gasteiger partial charge in [0.25, 0.3) is 11.7 Å². The number of halogens is 2. The van der Waals surface area contributed by atoms with Gasteiger partial charge in [0.15, 0.2) is 0 Å². The van der Waals surface area contributed by atoms with E-state index >= 15 is 0 Å². The highest BCUT2D eigenvalue weighted by Gasteiger charge is 2.47. The lowest BCUT2D eigenvalue weighted by molar-refractivity contribution is -0.132. The van der Waals surface area contributed by atoms with Gasteiger partial charge in [-0.05, 0) is 48.0 Å². The molecule has 1 heterocycles. The van der Waals surface area contributed by atoms with E-state index in [4.69, 9.17) is 16.3 Å². The molecule has 1 aliphatic heterocycles. The van der Waals surface area contributed by atoms with E-state index in [1.807, 2.05) is 18.2 Å². The molecule has 1 N–H and O–H groups in total. The number of para-hydroxylation sites is 1. The number of hydrogen-bond donors (Lipinski definition) is 1. The van der Waals surface area contributed by atoms with Crippen molar-refractivity contribution in [2.24, 2.45) is 0 Å². The Kier molecular flexibility index (Phi) is 5.85. The largest absolute Gasteiger partial charge is 0.507 e. The second-order valence-electron chi connectivity index (χ2n) is 6.90. The van der Waals surface area contributed by atoms with Crippen LogP contribution in [0.25, 0.3) is 5.76 Å². The van der Waals surface area contributed by atoms with Gasteiger partial charge in [-0.25, -0.2) is 0 Å². The molecule has 0 spiro atoms. The molecule has 4 rings (SSSR count). The summed E-state index contributed by atoms with van der Waals surface area (Å²) in [6.45, 7) is 0. The number of hydrogen-bond acceptors (Lipinski definition) is 4. The van der Waals surface area contributed by atoms with E-state index in [0.717, 1.165) is 4.47 Å². The fourth-order valence-corrected chi connectivity index (χ4v) is 4.09. The van der Waals surface area contributed by atoms with Gasteiger partial charge in [-0.1, -0.05) is 57.9 Å². The standard InChI is InChI=1S/C24H17BrClNO4/c1-31-19-12-11-16(26)13-18(19)22(28)20-21(14-7-9-15(25)10-8-14)27(24(30)23(20)29)17-5-3-2-4-6-17/h2-13,21,28H,1H3/b22-20+. The van der Waals surface area contributed by atoms with Gasteiger partial charge in [-0.3, -0.25) is 14.5 Å². The van der Waals surface area contributed by atoms with Gasteiger partial charge in [0.1, 0.15) is 11.5 Å². The number of Topliss-reactive ketones (excluding diaryl/α,β-unsaturated/α-hetero) is 1. The highest BCUT2D eigenvalue weighted by molar-refractivity contribution is 9.10. The lowest BCUT2D eigenvalue weighted by atomic mass is 9.95. The molecule has 31 heavy (non-hydrogen) atoms. The van der Waals surface area contributed by atoms with Crippen LogP contribution in [0.3, 0.4) is 0 Å². The van der Waals surface area contributed by atoms with Gasteiger partial charge in [0.05, 0.1) is 24.3 Å². The van der Waals surface area contributed by atoms with Crippen LogP contribution in [-0.2, 0) is 9.59 Å². The summed E-state index contributed by atoms with van der Waals surface area (Å²) >= 11 is 9.53. The van der Waals surface area contributed by atoms with E-state index in [1.165, 1.54) is 18.1 Å². The van der Waals surface area contributed by atoms with Gasteiger partial charge in [-0.2, -0.15) is 0 Å². The zero-order chi connectivity index (χ0) is 22.1. The summed E-state index contributed by atoms with van der Waals surface area (Å²) in [4.78, 5) is 27.6. The minimum atomic E-state index is -0.820. The predicted molar refractivity (Wildman–Crippen MR) is 123 cm³/mol. The molecule has 1 saturated heterocycles. The summed E-state index contributed by atoms with van der Waals surface area (Å²) in [5, 5.41) is 11.6. The monoisotopic (exact) mass is 497 g/mol. The van der Waals surface area contributed by atoms with Crippen molar-refractivity contribution in [1.29, 1.82) is 0 Å². The number of benzene rings is 3. The summed E-state index contributed by atoms with van der Waals surface area (Å²) in [7, 11) is 1.45. The van der Waals surface area contributed by atoms with Crippen LogP contribution in [0.4, 0.5) is 5.69 Å². The fourth-order valence-electron chi connectivity index (χ4n) is 3.66. The third-order valence-electron chi connectivity index (χ3n) is 5.08. The highest BCUT2D eigenvalue weighted by atomic mass is 79.9. The van der Waals surface area contributed by atoms with Crippen LogP contribution in [0.5, 0.6) is 5.75 Å². The number of rotatable bonds is 4. The van der Waals surface area contributed by atoms with Gasteiger partial charge in [-0.15, -0.1) is 0 Å². The summed E-state index contributed by atoms with van der Waals surface area (Å²) < 4.78 is 6.19. The molecule has 7 heteroatoms. The van der Waals surface area contributed by atoms with E-state index in [-0.39, 0.29) is 16.9 Å². The van der Waals surface area contributed by atoms with Crippen LogP contribution in [0.15, 0.2) is 82.8 Å². The fraction of sp³-hybridized carbons (Fsp3) is 0.0833. The summed E-state index contributed by atoms with van der Waals surface area (Å²) in [6.07, 6.45) is 0. The Hall–Kier alpha value is -3.09. The zero-order valence-corrected chi connectivity index (χ0v) is 18.7. The molecule has 156 valence electrons. The summed E-state index contributed by atoms with van der Waals surface area (Å²) in [5.41, 5.74) is 1.43. The molecule has 0 aromatic heterocycles. The molecular formula is C24H17BrClNO4. The molecule has 5 nitrogen and oxygen atoms in total. The summed E-state index contributed by atoms with van der Waals surface area (Å²) in [5.74, 6) is -1.51. The lowest BCUT2D eigenvalue weighted by Crippen LogP contribution is -2.29. The quantitative estimate of drug-likeness (QED) is 0.283. The van der Waals surface area contributed by atoms with Crippen molar-refractivity contribution in [3.63, 3.8) is 0 Å². The second-order valence-corrected chi connectivity index (χ2v) is 8.25. The maximum atomic E-state index is 13.1. The van der Waals surface area contributed by atoms with Gasteiger partial charge in [0, 0.05) is 15.2 Å². The Morgan fingerprint density at radius 1 is 1.03 bits per heavy atom. The maximum absolute atomic E-state index is 13.1. The molecule has 1 aliphatic rings. The minimum absolute atomic E-state index is 0.0308. The molecule has 3 aromatic carbocycles. The lowest BCUT2D eigenvalue weighted by Gasteiger charge is -2.25. The van der Waals surface area contributed by atoms with E-state index < -0.39 is 17.7 Å². The molecule has 1 amide bonds. The SMILES string of the molecule is COc1ccc(Cl)cc1/C(O)=C1\C(=O)C(=O)N(c2ccccc2)C1c1ccc(Br)cc1. The Labute approximate surface area is 192 Å². The Morgan fingerprint density at radius 3 is 2.35 bits per heavy atom. The first-order chi connectivity index (χ1) is 14.9. The Morgan fingerprint density at radius 2 is 1.71 bits per heavy atom. The maximum Gasteiger partial charge on any atom is 0.300 e. The van der Waals surface area contributed by atoms with Crippen LogP contribution < -0.4 is 9.64 Å². The number of carbonyl (C=O) groups excluding carboxylic acids is 2. The van der Waals surface area contributed by atoms with Crippen molar-refractivity contribution in [3.8, 4) is 5.75 Å².